The van der Waals surface area contributed by atoms with Gasteiger partial charge in [-0.3, -0.25) is 9.78 Å². The van der Waals surface area contributed by atoms with Crippen molar-refractivity contribution in [3.63, 3.8) is 0 Å². The number of ketones is 1. The average molecular weight is 557 g/mol. The predicted octanol–water partition coefficient (Wildman–Crippen LogP) is 3.79. The van der Waals surface area contributed by atoms with Crippen LogP contribution in [-0.4, -0.2) is 70.8 Å². The van der Waals surface area contributed by atoms with Gasteiger partial charge in [-0.25, -0.2) is 9.97 Å². The van der Waals surface area contributed by atoms with E-state index in [-0.39, 0.29) is 24.5 Å². The second kappa shape index (κ2) is 11.3. The Hall–Kier alpha value is -3.05. The lowest BCUT2D eigenvalue weighted by Crippen LogP contribution is -2.37. The average Bonchev–Trinajstić information content (AvgIpc) is 2.90. The molecule has 1 aliphatic carbocycles. The molecule has 0 unspecified atom stereocenters. The number of nitrogens with zero attached hydrogens (tertiary/aromatic N) is 5. The first-order chi connectivity index (χ1) is 17.5. The predicted molar refractivity (Wildman–Crippen MR) is 139 cm³/mol. The molecule has 3 aromatic rings. The number of nitrogens with one attached hydrogen (secondary N) is 1. The molecule has 0 aromatic carbocycles. The molecule has 10 nitrogen and oxygen atoms in total. The van der Waals surface area contributed by atoms with E-state index in [1.54, 1.807) is 18.6 Å². The summed E-state index contributed by atoms with van der Waals surface area (Å²) >= 11 is 3.53. The van der Waals surface area contributed by atoms with Gasteiger partial charge < -0.3 is 24.4 Å². The van der Waals surface area contributed by atoms with Crippen molar-refractivity contribution in [3.8, 4) is 11.6 Å². The number of hydrogen-bond donors (Lipinski definition) is 1. The lowest BCUT2D eigenvalue weighted by molar-refractivity contribution is -0.118. The summed E-state index contributed by atoms with van der Waals surface area (Å²) in [6, 6.07) is 4.30. The standard InChI is InChI=1S/C25H29BrN6O4/c1-16(33)15-35-20-13-28-25(29-14-20)30-18-2-4-19(5-3-18)36-24-21-10-17(26)12-27-22(21)11-23(31-24)32-6-8-34-9-7-32/h10-14,18-19H,2-9,15H2,1H3,(H,28,29,30)/t18-,19+. The first-order valence-electron chi connectivity index (χ1n) is 12.2. The molecule has 5 rings (SSSR count). The van der Waals surface area contributed by atoms with Crippen molar-refractivity contribution in [1.82, 2.24) is 19.9 Å². The number of pyridine rings is 2. The molecule has 0 atom stereocenters. The van der Waals surface area contributed by atoms with E-state index in [9.17, 15) is 4.79 Å². The topological polar surface area (TPSA) is 112 Å². The Morgan fingerprint density at radius 2 is 1.86 bits per heavy atom. The molecule has 190 valence electrons. The molecule has 1 N–H and O–H groups in total. The molecule has 1 saturated carbocycles. The van der Waals surface area contributed by atoms with Gasteiger partial charge in [0.2, 0.25) is 11.8 Å². The highest BCUT2D eigenvalue weighted by atomic mass is 79.9. The fraction of sp³-hybridized carbons (Fsp3) is 0.480. The highest BCUT2D eigenvalue weighted by Gasteiger charge is 2.25. The first kappa shape index (κ1) is 24.6. The van der Waals surface area contributed by atoms with Gasteiger partial charge in [0.25, 0.3) is 0 Å². The van der Waals surface area contributed by atoms with E-state index < -0.39 is 0 Å². The van der Waals surface area contributed by atoms with Crippen LogP contribution in [0.5, 0.6) is 11.6 Å². The highest BCUT2D eigenvalue weighted by molar-refractivity contribution is 9.10. The fourth-order valence-electron chi connectivity index (χ4n) is 4.41. The molecule has 2 aliphatic rings. The Balaban J connectivity index is 1.22. The minimum Gasteiger partial charge on any atom is -0.483 e. The number of carbonyl (C=O) groups excluding carboxylic acids is 1. The number of fused-ring (bicyclic) bond motifs is 1. The van der Waals surface area contributed by atoms with Gasteiger partial charge in [-0.05, 0) is 54.6 Å². The number of morpholine rings is 1. The fourth-order valence-corrected chi connectivity index (χ4v) is 4.75. The van der Waals surface area contributed by atoms with Crippen LogP contribution >= 0.6 is 15.9 Å². The zero-order valence-electron chi connectivity index (χ0n) is 20.2. The monoisotopic (exact) mass is 556 g/mol. The lowest BCUT2D eigenvalue weighted by atomic mass is 9.93. The number of hydrogen-bond acceptors (Lipinski definition) is 10. The van der Waals surface area contributed by atoms with Gasteiger partial charge in [0, 0.05) is 35.9 Å². The van der Waals surface area contributed by atoms with E-state index in [0.29, 0.717) is 30.8 Å². The molecule has 4 heterocycles. The number of rotatable bonds is 8. The van der Waals surface area contributed by atoms with Crippen LogP contribution in [0.4, 0.5) is 11.8 Å². The Morgan fingerprint density at radius 3 is 2.58 bits per heavy atom. The molecule has 1 aliphatic heterocycles. The van der Waals surface area contributed by atoms with E-state index in [1.807, 2.05) is 12.1 Å². The summed E-state index contributed by atoms with van der Waals surface area (Å²) in [7, 11) is 0. The van der Waals surface area contributed by atoms with Gasteiger partial charge in [0.15, 0.2) is 11.5 Å². The summed E-state index contributed by atoms with van der Waals surface area (Å²) in [6.07, 6.45) is 8.68. The van der Waals surface area contributed by atoms with Crippen molar-refractivity contribution in [3.05, 3.63) is 35.2 Å². The summed E-state index contributed by atoms with van der Waals surface area (Å²) in [6.45, 7) is 4.49. The van der Waals surface area contributed by atoms with Crippen LogP contribution in [0.3, 0.4) is 0 Å². The number of Topliss-reactive ketones (excluding diaryl/α,β-unsaturated/α-hetero) is 1. The van der Waals surface area contributed by atoms with Crippen LogP contribution in [0.15, 0.2) is 35.2 Å². The second-order valence-electron chi connectivity index (χ2n) is 9.07. The van der Waals surface area contributed by atoms with Crippen LogP contribution in [-0.2, 0) is 9.53 Å². The Kier molecular flexibility index (Phi) is 7.76. The number of anilines is 2. The number of aromatic nitrogens is 4. The van der Waals surface area contributed by atoms with Gasteiger partial charge in [-0.2, -0.15) is 4.98 Å². The number of carbonyl (C=O) groups is 1. The molecule has 36 heavy (non-hydrogen) atoms. The second-order valence-corrected chi connectivity index (χ2v) is 9.99. The summed E-state index contributed by atoms with van der Waals surface area (Å²) in [4.78, 5) is 31.4. The molecule has 0 radical (unpaired) electrons. The highest BCUT2D eigenvalue weighted by Crippen LogP contribution is 2.32. The van der Waals surface area contributed by atoms with E-state index in [0.717, 1.165) is 60.0 Å². The zero-order valence-corrected chi connectivity index (χ0v) is 21.7. The van der Waals surface area contributed by atoms with Crippen LogP contribution in [0.1, 0.15) is 32.6 Å². The van der Waals surface area contributed by atoms with Gasteiger partial charge in [-0.15, -0.1) is 0 Å². The summed E-state index contributed by atoms with van der Waals surface area (Å²) in [5, 5.41) is 4.30. The van der Waals surface area contributed by atoms with Crippen LogP contribution in [0, 0.1) is 0 Å². The summed E-state index contributed by atoms with van der Waals surface area (Å²) in [5.41, 5.74) is 0.868. The summed E-state index contributed by atoms with van der Waals surface area (Å²) in [5.74, 6) is 2.49. The normalized spacial score (nSPS) is 20.2. The molecule has 0 spiro atoms. The maximum absolute atomic E-state index is 11.1. The molecule has 0 bridgehead atoms. The lowest BCUT2D eigenvalue weighted by Gasteiger charge is -2.31. The van der Waals surface area contributed by atoms with E-state index in [4.69, 9.17) is 19.2 Å². The molecular weight excluding hydrogens is 528 g/mol. The van der Waals surface area contributed by atoms with E-state index >= 15 is 0 Å². The maximum Gasteiger partial charge on any atom is 0.225 e. The Labute approximate surface area is 217 Å². The minimum atomic E-state index is -0.0453. The summed E-state index contributed by atoms with van der Waals surface area (Å²) < 4.78 is 18.2. The van der Waals surface area contributed by atoms with Crippen LogP contribution < -0.4 is 19.7 Å². The largest absolute Gasteiger partial charge is 0.483 e. The Morgan fingerprint density at radius 1 is 1.11 bits per heavy atom. The molecule has 2 fully saturated rings. The smallest absolute Gasteiger partial charge is 0.225 e. The van der Waals surface area contributed by atoms with Crippen molar-refractivity contribution in [2.45, 2.75) is 44.8 Å². The molecule has 0 amide bonds. The molecule has 1 saturated heterocycles. The number of halogens is 1. The third-order valence-corrected chi connectivity index (χ3v) is 6.72. The van der Waals surface area contributed by atoms with Crippen molar-refractivity contribution in [2.75, 3.05) is 43.1 Å². The van der Waals surface area contributed by atoms with E-state index in [1.165, 1.54) is 6.92 Å². The van der Waals surface area contributed by atoms with Gasteiger partial charge >= 0.3 is 0 Å². The quantitative estimate of drug-likeness (QED) is 0.439. The van der Waals surface area contributed by atoms with Crippen molar-refractivity contribution in [1.29, 1.82) is 0 Å². The number of ether oxygens (including phenoxy) is 3. The maximum atomic E-state index is 11.1. The van der Waals surface area contributed by atoms with Gasteiger partial charge in [0.1, 0.15) is 18.5 Å². The molecule has 3 aromatic heterocycles. The van der Waals surface area contributed by atoms with Crippen molar-refractivity contribution < 1.29 is 19.0 Å². The van der Waals surface area contributed by atoms with Crippen LogP contribution in [0.2, 0.25) is 0 Å². The first-order valence-corrected chi connectivity index (χ1v) is 13.0. The third-order valence-electron chi connectivity index (χ3n) is 6.29. The van der Waals surface area contributed by atoms with Crippen molar-refractivity contribution in [2.24, 2.45) is 0 Å². The van der Waals surface area contributed by atoms with Crippen molar-refractivity contribution >= 4 is 44.4 Å². The van der Waals surface area contributed by atoms with Gasteiger partial charge in [-0.1, -0.05) is 0 Å². The van der Waals surface area contributed by atoms with Gasteiger partial charge in [0.05, 0.1) is 36.5 Å². The van der Waals surface area contributed by atoms with Crippen LogP contribution in [0.25, 0.3) is 10.9 Å². The Bertz CT molecular complexity index is 1200. The van der Waals surface area contributed by atoms with E-state index in [2.05, 4.69) is 41.1 Å². The third kappa shape index (κ3) is 6.19. The molecule has 11 heteroatoms. The molecular formula is C25H29BrN6O4. The zero-order chi connectivity index (χ0) is 24.9. The SMILES string of the molecule is CC(=O)COc1cnc(N[C@H]2CC[C@@H](Oc3nc(N4CCOCC4)cc4ncc(Br)cc34)CC2)nc1. The minimum absolute atomic E-state index is 0.0205.